The molecule has 14 nitrogen and oxygen atoms in total. The van der Waals surface area contributed by atoms with E-state index in [0.29, 0.717) is 32.1 Å². The zero-order valence-corrected chi connectivity index (χ0v) is 32.6. The largest absolute Gasteiger partial charge is 0.432 e. The van der Waals surface area contributed by atoms with Crippen molar-refractivity contribution >= 4 is 5.97 Å². The molecule has 0 bridgehead atoms. The number of rotatable bonds is 7. The van der Waals surface area contributed by atoms with Gasteiger partial charge in [-0.1, -0.05) is 51.5 Å². The molecule has 0 radical (unpaired) electrons. The molecule has 9 N–H and O–H groups in total. The van der Waals surface area contributed by atoms with Gasteiger partial charge in [-0.15, -0.1) is 0 Å². The van der Waals surface area contributed by atoms with Crippen LogP contribution in [-0.4, -0.2) is 139 Å². The van der Waals surface area contributed by atoms with Crippen LogP contribution in [0.2, 0.25) is 0 Å². The Morgan fingerprint density at radius 1 is 0.782 bits per heavy atom. The second-order valence-corrected chi connectivity index (χ2v) is 19.1. The maximum atomic E-state index is 14.4. The van der Waals surface area contributed by atoms with Gasteiger partial charge in [0.15, 0.2) is 6.29 Å². The zero-order valence-electron chi connectivity index (χ0n) is 32.6. The predicted octanol–water partition coefficient (Wildman–Crippen LogP) is 0.819. The molecule has 55 heavy (non-hydrogen) atoms. The fourth-order valence-corrected chi connectivity index (χ4v) is 13.1. The van der Waals surface area contributed by atoms with Crippen LogP contribution in [-0.2, 0) is 23.7 Å². The average Bonchev–Trinajstić information content (AvgIpc) is 3.16. The summed E-state index contributed by atoms with van der Waals surface area (Å²) in [4.78, 5) is 14.4. The number of carbonyl (C=O) groups is 1. The lowest BCUT2D eigenvalue weighted by Gasteiger charge is -2.71. The quantitative estimate of drug-likeness (QED) is 0.0989. The Bertz CT molecular complexity index is 1500. The Kier molecular flexibility index (Phi) is 11.1. The van der Waals surface area contributed by atoms with Gasteiger partial charge >= 0.3 is 5.97 Å². The Hall–Kier alpha value is -1.53. The molecule has 2 saturated heterocycles. The van der Waals surface area contributed by atoms with E-state index in [0.717, 1.165) is 37.7 Å². The van der Waals surface area contributed by atoms with E-state index in [1.54, 1.807) is 0 Å². The molecule has 5 aliphatic carbocycles. The smallest absolute Gasteiger partial charge is 0.315 e. The van der Waals surface area contributed by atoms with Gasteiger partial charge in [0.1, 0.15) is 48.8 Å². The zero-order chi connectivity index (χ0) is 40.0. The molecule has 6 fully saturated rings. The van der Waals surface area contributed by atoms with Crippen molar-refractivity contribution in [2.75, 3.05) is 19.8 Å². The molecule has 0 aromatic heterocycles. The molecule has 19 atom stereocenters. The van der Waals surface area contributed by atoms with Crippen LogP contribution in [0.15, 0.2) is 23.8 Å². The summed E-state index contributed by atoms with van der Waals surface area (Å²) in [6.45, 7) is 12.1. The first-order valence-electron chi connectivity index (χ1n) is 20.3. The molecule has 7 aliphatic rings. The topological polar surface area (TPSA) is 236 Å². The Balaban J connectivity index is 1.16. The third kappa shape index (κ3) is 6.06. The molecular weight excluding hydrogens is 716 g/mol. The summed E-state index contributed by atoms with van der Waals surface area (Å²) >= 11 is 0. The second-order valence-electron chi connectivity index (χ2n) is 19.1. The fourth-order valence-electron chi connectivity index (χ4n) is 13.1. The summed E-state index contributed by atoms with van der Waals surface area (Å²) in [5.41, 5.74) is -0.00693. The van der Waals surface area contributed by atoms with E-state index in [2.05, 4.69) is 33.4 Å². The van der Waals surface area contributed by atoms with Crippen molar-refractivity contribution in [3.8, 4) is 0 Å². The van der Waals surface area contributed by atoms with E-state index >= 15 is 0 Å². The summed E-state index contributed by atoms with van der Waals surface area (Å²) < 4.78 is 23.6. The van der Waals surface area contributed by atoms with E-state index < -0.39 is 97.5 Å². The van der Waals surface area contributed by atoms with Gasteiger partial charge in [-0.05, 0) is 92.3 Å². The predicted molar refractivity (Wildman–Crippen MR) is 194 cm³/mol. The summed E-state index contributed by atoms with van der Waals surface area (Å²) in [6, 6.07) is 0. The molecule has 14 heteroatoms. The minimum absolute atomic E-state index is 0.0379. The van der Waals surface area contributed by atoms with Crippen LogP contribution in [0, 0.1) is 44.8 Å². The Morgan fingerprint density at radius 3 is 2.02 bits per heavy atom. The molecule has 0 aromatic carbocycles. The minimum Gasteiger partial charge on any atom is -0.432 e. The van der Waals surface area contributed by atoms with Crippen LogP contribution in [0.3, 0.4) is 0 Å². The van der Waals surface area contributed by atoms with Crippen LogP contribution in [0.5, 0.6) is 0 Å². The molecule has 0 aromatic rings. The molecule has 2 heterocycles. The lowest BCUT2D eigenvalue weighted by atomic mass is 9.34. The highest BCUT2D eigenvalue weighted by molar-refractivity contribution is 5.79. The number of allylic oxidation sites excluding steroid dienone is 3. The molecule has 7 rings (SSSR count). The summed E-state index contributed by atoms with van der Waals surface area (Å²) in [6.07, 6.45) is -5.95. The van der Waals surface area contributed by atoms with Gasteiger partial charge in [-0.2, -0.15) is 0 Å². The van der Waals surface area contributed by atoms with E-state index in [1.807, 2.05) is 6.92 Å². The third-order valence-electron chi connectivity index (χ3n) is 16.8. The van der Waals surface area contributed by atoms with Gasteiger partial charge in [-0.3, -0.25) is 4.79 Å². The van der Waals surface area contributed by atoms with E-state index in [4.69, 9.17) is 18.9 Å². The first-order valence-corrected chi connectivity index (χ1v) is 20.3. The van der Waals surface area contributed by atoms with Crippen LogP contribution < -0.4 is 0 Å². The molecule has 2 aliphatic heterocycles. The van der Waals surface area contributed by atoms with Gasteiger partial charge < -0.3 is 64.9 Å². The van der Waals surface area contributed by atoms with Crippen molar-refractivity contribution in [2.24, 2.45) is 44.8 Å². The van der Waals surface area contributed by atoms with Crippen molar-refractivity contribution in [2.45, 2.75) is 159 Å². The van der Waals surface area contributed by atoms with Crippen LogP contribution >= 0.6 is 0 Å². The lowest BCUT2D eigenvalue weighted by Crippen LogP contribution is -2.67. The van der Waals surface area contributed by atoms with E-state index in [-0.39, 0.29) is 40.6 Å². The van der Waals surface area contributed by atoms with Crippen molar-refractivity contribution in [3.63, 3.8) is 0 Å². The number of aliphatic hydroxyl groups excluding tert-OH is 9. The molecule has 0 amide bonds. The van der Waals surface area contributed by atoms with Crippen LogP contribution in [0.4, 0.5) is 0 Å². The molecule has 0 unspecified atom stereocenters. The maximum absolute atomic E-state index is 14.4. The number of aliphatic hydroxyl groups is 9. The highest BCUT2D eigenvalue weighted by Gasteiger charge is 2.70. The third-order valence-corrected chi connectivity index (χ3v) is 16.8. The molecule has 4 saturated carbocycles. The number of fused-ring (bicyclic) bond motifs is 7. The lowest BCUT2D eigenvalue weighted by molar-refractivity contribution is -0.333. The first-order chi connectivity index (χ1) is 25.9. The van der Waals surface area contributed by atoms with Crippen molar-refractivity contribution in [1.29, 1.82) is 0 Å². The van der Waals surface area contributed by atoms with Gasteiger partial charge in [0.05, 0.1) is 31.3 Å². The number of hydrogen-bond acceptors (Lipinski definition) is 14. The maximum Gasteiger partial charge on any atom is 0.315 e. The number of hydrogen-bond donors (Lipinski definition) is 9. The summed E-state index contributed by atoms with van der Waals surface area (Å²) in [7, 11) is 0. The van der Waals surface area contributed by atoms with Crippen molar-refractivity contribution < 1.29 is 69.7 Å². The summed E-state index contributed by atoms with van der Waals surface area (Å²) in [5, 5.41) is 93.6. The molecule has 0 spiro atoms. The standard InChI is InChI=1S/C41H64O14/c1-20-8-13-41(36(51)55-35-33(50)31(48)29(46)24(18-43)53-35)15-14-39(4)21(22(41)16-20)6-7-26-37(2)11-10-27(38(3,19-44)25(37)9-12-40(26,39)5)54-34-32(49)30(47)28(45)23(17-42)52-34/h6,22-35,42-50H,1,7-19H2,2-5H3/t22-,23+,24+,25+,26+,27-,28+,29+,30-,31-,32+,33+,34-,35-,37-,38-,39+,40+,41-/m0/s1. The normalized spacial score (nSPS) is 53.9. The van der Waals surface area contributed by atoms with Crippen LogP contribution in [0.25, 0.3) is 0 Å². The minimum atomic E-state index is -1.68. The van der Waals surface area contributed by atoms with Gasteiger partial charge in [-0.25, -0.2) is 0 Å². The second kappa shape index (κ2) is 14.6. The molecule has 312 valence electrons. The first kappa shape index (κ1) is 41.6. The number of carbonyl (C=O) groups excluding carboxylic acids is 1. The Labute approximate surface area is 323 Å². The fraction of sp³-hybridized carbons (Fsp3) is 0.878. The highest BCUT2D eigenvalue weighted by atomic mass is 16.7. The van der Waals surface area contributed by atoms with Gasteiger partial charge in [0, 0.05) is 11.3 Å². The Morgan fingerprint density at radius 2 is 1.40 bits per heavy atom. The summed E-state index contributed by atoms with van der Waals surface area (Å²) in [5.74, 6) is -0.446. The number of ether oxygens (including phenoxy) is 4. The SMILES string of the molecule is C=C1CC[C@]2(C(=O)O[C@@H]3O[C@H](CO)[C@@H](O)[C@H](O)[C@H]3O)CC[C@]3(C)C(=CC[C@@H]4[C@@]5(C)CC[C@H](O[C@@H]6O[C@H](CO)[C@@H](O)[C@H](O)[C@H]6O)[C@@](C)(CO)[C@@H]5CC[C@]43C)[C@@H]2C1. The van der Waals surface area contributed by atoms with Crippen molar-refractivity contribution in [3.05, 3.63) is 23.8 Å². The highest BCUT2D eigenvalue weighted by Crippen LogP contribution is 2.75. The monoisotopic (exact) mass is 780 g/mol. The molecular formula is C41H64O14. The number of esters is 1. The van der Waals surface area contributed by atoms with Gasteiger partial charge in [0.2, 0.25) is 6.29 Å². The van der Waals surface area contributed by atoms with E-state index in [9.17, 15) is 50.8 Å². The van der Waals surface area contributed by atoms with Gasteiger partial charge in [0.25, 0.3) is 0 Å². The van der Waals surface area contributed by atoms with Crippen molar-refractivity contribution in [1.82, 2.24) is 0 Å². The average molecular weight is 781 g/mol. The van der Waals surface area contributed by atoms with Crippen LogP contribution in [0.1, 0.15) is 91.9 Å². The van der Waals surface area contributed by atoms with E-state index in [1.165, 1.54) is 5.57 Å².